The van der Waals surface area contributed by atoms with Crippen molar-refractivity contribution in [2.45, 2.75) is 52.7 Å². The molecule has 0 spiro atoms. The summed E-state index contributed by atoms with van der Waals surface area (Å²) >= 11 is 6.32. The van der Waals surface area contributed by atoms with Gasteiger partial charge in [0.1, 0.15) is 10.8 Å². The number of aromatic nitrogens is 5. The highest BCUT2D eigenvalue weighted by Crippen LogP contribution is 2.36. The number of halogens is 1. The van der Waals surface area contributed by atoms with Crippen molar-refractivity contribution in [2.24, 2.45) is 0 Å². The summed E-state index contributed by atoms with van der Waals surface area (Å²) in [4.78, 5) is 22.8. The predicted octanol–water partition coefficient (Wildman–Crippen LogP) is 6.23. The normalized spacial score (nSPS) is 16.3. The van der Waals surface area contributed by atoms with E-state index in [-0.39, 0.29) is 17.6 Å². The zero-order valence-electron chi connectivity index (χ0n) is 22.5. The number of aryl methyl sites for hydroxylation is 3. The van der Waals surface area contributed by atoms with Crippen LogP contribution in [0.15, 0.2) is 53.6 Å². The summed E-state index contributed by atoms with van der Waals surface area (Å²) in [5, 5.41) is 11.5. The van der Waals surface area contributed by atoms with Crippen molar-refractivity contribution in [3.8, 4) is 11.3 Å². The number of pyridine rings is 3. The molecule has 1 saturated heterocycles. The number of benzene rings is 1. The van der Waals surface area contributed by atoms with Crippen LogP contribution >= 0.6 is 11.6 Å². The maximum absolute atomic E-state index is 13.9. The lowest BCUT2D eigenvalue weighted by atomic mass is 9.95. The van der Waals surface area contributed by atoms with Gasteiger partial charge in [-0.3, -0.25) is 14.3 Å². The fourth-order valence-electron chi connectivity index (χ4n) is 5.72. The number of rotatable bonds is 6. The number of fused-ring (bicyclic) bond motifs is 3. The first-order valence-corrected chi connectivity index (χ1v) is 13.7. The topological polar surface area (TPSA) is 86.9 Å². The van der Waals surface area contributed by atoms with Crippen molar-refractivity contribution >= 4 is 39.1 Å². The van der Waals surface area contributed by atoms with Gasteiger partial charge in [-0.15, -0.1) is 0 Å². The number of nitrogens with one attached hydrogen (secondary N) is 1. The van der Waals surface area contributed by atoms with Crippen LogP contribution < -0.4 is 10.9 Å². The van der Waals surface area contributed by atoms with Gasteiger partial charge in [-0.25, -0.2) is 9.67 Å². The minimum atomic E-state index is -0.143. The van der Waals surface area contributed by atoms with Crippen LogP contribution in [-0.2, 0) is 11.3 Å². The van der Waals surface area contributed by atoms with Gasteiger partial charge in [0.05, 0.1) is 30.2 Å². The Hall–Kier alpha value is -3.75. The molecule has 5 aromatic rings. The fraction of sp³-hybridized carbons (Fsp3) is 0.333. The molecule has 0 radical (unpaired) electrons. The van der Waals surface area contributed by atoms with Gasteiger partial charge in [0.25, 0.3) is 5.56 Å². The number of nitrogens with zero attached hydrogens (tertiary/aromatic N) is 5. The van der Waals surface area contributed by atoms with Crippen LogP contribution in [0.3, 0.4) is 0 Å². The lowest BCUT2D eigenvalue weighted by Crippen LogP contribution is -2.24. The number of anilines is 1. The average Bonchev–Trinajstić information content (AvgIpc) is 3.60. The van der Waals surface area contributed by atoms with Gasteiger partial charge in [-0.1, -0.05) is 17.7 Å². The second-order valence-corrected chi connectivity index (χ2v) is 10.6. The molecule has 6 rings (SSSR count). The summed E-state index contributed by atoms with van der Waals surface area (Å²) in [6, 6.07) is 11.8. The molecule has 0 amide bonds. The molecule has 0 bridgehead atoms. The van der Waals surface area contributed by atoms with Gasteiger partial charge in [-0.2, -0.15) is 5.10 Å². The molecule has 1 aliphatic heterocycles. The van der Waals surface area contributed by atoms with Crippen LogP contribution in [0.4, 0.5) is 5.69 Å². The summed E-state index contributed by atoms with van der Waals surface area (Å²) < 4.78 is 9.48. The number of hydrogen-bond acceptors (Lipinski definition) is 6. The molecule has 0 aliphatic carbocycles. The SMILES string of the molecule is CCn1c(=O)c2cc(C)cc(C(C)Nc3ccc(Cl)nc3-c3ccnc(C)c3)c2c2cnn([C@H]3CCOC3)c21. The van der Waals surface area contributed by atoms with E-state index in [2.05, 4.69) is 28.3 Å². The standard InChI is InChI=1S/C30H31ClN6O2/c1-5-36-29-24(15-33-37(29)21-9-11-39-16-21)27-22(12-17(2)13-23(27)30(36)38)19(4)34-25-6-7-26(31)35-28(25)20-8-10-32-18(3)14-20/h6-8,10,12-15,19,21,34H,5,9,11,16H2,1-4H3/t19?,21-/m0/s1. The van der Waals surface area contributed by atoms with Gasteiger partial charge < -0.3 is 10.1 Å². The Morgan fingerprint density at radius 1 is 1.18 bits per heavy atom. The molecule has 2 atom stereocenters. The third-order valence-electron chi connectivity index (χ3n) is 7.52. The quantitative estimate of drug-likeness (QED) is 0.256. The van der Waals surface area contributed by atoms with E-state index < -0.39 is 0 Å². The van der Waals surface area contributed by atoms with E-state index in [1.54, 1.807) is 12.3 Å². The molecule has 1 unspecified atom stereocenters. The molecular weight excluding hydrogens is 512 g/mol. The maximum atomic E-state index is 13.9. The third kappa shape index (κ3) is 4.47. The van der Waals surface area contributed by atoms with Crippen LogP contribution in [0.5, 0.6) is 0 Å². The Kier molecular flexibility index (Phi) is 6.61. The van der Waals surface area contributed by atoms with Gasteiger partial charge >= 0.3 is 0 Å². The monoisotopic (exact) mass is 542 g/mol. The van der Waals surface area contributed by atoms with Crippen molar-refractivity contribution in [3.05, 3.63) is 81.1 Å². The lowest BCUT2D eigenvalue weighted by Gasteiger charge is -2.22. The van der Waals surface area contributed by atoms with Crippen molar-refractivity contribution in [3.63, 3.8) is 0 Å². The van der Waals surface area contributed by atoms with Gasteiger partial charge in [0.2, 0.25) is 0 Å². The Bertz CT molecular complexity index is 1770. The van der Waals surface area contributed by atoms with Gasteiger partial charge in [0.15, 0.2) is 0 Å². The Balaban J connectivity index is 1.53. The summed E-state index contributed by atoms with van der Waals surface area (Å²) in [6.07, 6.45) is 4.56. The van der Waals surface area contributed by atoms with E-state index in [0.29, 0.717) is 30.3 Å². The summed E-state index contributed by atoms with van der Waals surface area (Å²) in [5.41, 5.74) is 6.35. The zero-order valence-corrected chi connectivity index (χ0v) is 23.3. The van der Waals surface area contributed by atoms with E-state index >= 15 is 0 Å². The van der Waals surface area contributed by atoms with Crippen molar-refractivity contribution in [1.29, 1.82) is 0 Å². The number of hydrogen-bond donors (Lipinski definition) is 1. The summed E-state index contributed by atoms with van der Waals surface area (Å²) in [7, 11) is 0. The van der Waals surface area contributed by atoms with Gasteiger partial charge in [0, 0.05) is 52.8 Å². The van der Waals surface area contributed by atoms with E-state index in [9.17, 15) is 4.79 Å². The minimum Gasteiger partial charge on any atom is -0.379 e. The fourth-order valence-corrected chi connectivity index (χ4v) is 5.87. The van der Waals surface area contributed by atoms with Crippen molar-refractivity contribution in [1.82, 2.24) is 24.3 Å². The molecule has 5 heterocycles. The largest absolute Gasteiger partial charge is 0.379 e. The van der Waals surface area contributed by atoms with E-state index in [4.69, 9.17) is 21.4 Å². The highest BCUT2D eigenvalue weighted by Gasteiger charge is 2.25. The third-order valence-corrected chi connectivity index (χ3v) is 7.73. The maximum Gasteiger partial charge on any atom is 0.260 e. The minimum absolute atomic E-state index is 0.000996. The highest BCUT2D eigenvalue weighted by molar-refractivity contribution is 6.29. The van der Waals surface area contributed by atoms with Crippen LogP contribution in [0.1, 0.15) is 49.2 Å². The molecule has 1 aromatic carbocycles. The predicted molar refractivity (Wildman–Crippen MR) is 156 cm³/mol. The van der Waals surface area contributed by atoms with Crippen LogP contribution in [0, 0.1) is 13.8 Å². The molecule has 1 N–H and O–H groups in total. The van der Waals surface area contributed by atoms with Crippen molar-refractivity contribution in [2.75, 3.05) is 18.5 Å². The molecule has 39 heavy (non-hydrogen) atoms. The van der Waals surface area contributed by atoms with Crippen molar-refractivity contribution < 1.29 is 4.74 Å². The molecular formula is C30H31ClN6O2. The van der Waals surface area contributed by atoms with Gasteiger partial charge in [-0.05, 0) is 75.6 Å². The lowest BCUT2D eigenvalue weighted by molar-refractivity contribution is 0.185. The first-order chi connectivity index (χ1) is 18.9. The molecule has 1 fully saturated rings. The number of ether oxygens (including phenoxy) is 1. The highest BCUT2D eigenvalue weighted by atomic mass is 35.5. The van der Waals surface area contributed by atoms with Crippen LogP contribution in [-0.4, -0.2) is 37.5 Å². The molecule has 8 nitrogen and oxygen atoms in total. The molecule has 4 aromatic heterocycles. The van der Waals surface area contributed by atoms with Crippen LogP contribution in [0.25, 0.3) is 33.1 Å². The second kappa shape index (κ2) is 10.1. The van der Waals surface area contributed by atoms with E-state index in [1.165, 1.54) is 0 Å². The molecule has 9 heteroatoms. The van der Waals surface area contributed by atoms with E-state index in [1.807, 2.05) is 60.5 Å². The smallest absolute Gasteiger partial charge is 0.260 e. The Labute approximate surface area is 231 Å². The average molecular weight is 543 g/mol. The Morgan fingerprint density at radius 2 is 2.03 bits per heavy atom. The first kappa shape index (κ1) is 25.5. The molecule has 200 valence electrons. The Morgan fingerprint density at radius 3 is 2.77 bits per heavy atom. The first-order valence-electron chi connectivity index (χ1n) is 13.3. The second-order valence-electron chi connectivity index (χ2n) is 10.3. The molecule has 0 saturated carbocycles. The summed E-state index contributed by atoms with van der Waals surface area (Å²) in [5.74, 6) is 0. The van der Waals surface area contributed by atoms with E-state index in [0.717, 1.165) is 56.6 Å². The van der Waals surface area contributed by atoms with Crippen LogP contribution in [0.2, 0.25) is 5.15 Å². The zero-order chi connectivity index (χ0) is 27.3. The molecule has 1 aliphatic rings. The summed E-state index contributed by atoms with van der Waals surface area (Å²) in [6.45, 7) is 9.97.